The Hall–Kier alpha value is -1.66. The van der Waals surface area contributed by atoms with Gasteiger partial charge >= 0.3 is 5.97 Å². The van der Waals surface area contributed by atoms with Gasteiger partial charge in [0, 0.05) is 17.6 Å². The topological polar surface area (TPSA) is 67.5 Å². The van der Waals surface area contributed by atoms with Crippen LogP contribution >= 0.6 is 22.9 Å². The molecule has 23 heavy (non-hydrogen) atoms. The zero-order valence-electron chi connectivity index (χ0n) is 12.8. The van der Waals surface area contributed by atoms with E-state index in [2.05, 4.69) is 5.10 Å². The second-order valence-corrected chi connectivity index (χ2v) is 7.14. The maximum absolute atomic E-state index is 11.4. The summed E-state index contributed by atoms with van der Waals surface area (Å²) in [4.78, 5) is 16.9. The lowest BCUT2D eigenvalue weighted by Crippen LogP contribution is -2.32. The largest absolute Gasteiger partial charge is 0.481 e. The van der Waals surface area contributed by atoms with Crippen molar-refractivity contribution in [2.45, 2.75) is 31.7 Å². The zero-order chi connectivity index (χ0) is 16.4. The first-order valence-electron chi connectivity index (χ1n) is 7.61. The minimum Gasteiger partial charge on any atom is -0.481 e. The molecular weight excluding hydrogens is 334 g/mol. The van der Waals surface area contributed by atoms with Gasteiger partial charge in [-0.1, -0.05) is 47.9 Å². The molecule has 0 radical (unpaired) electrons. The molecule has 2 aromatic rings. The Bertz CT molecular complexity index is 766. The molecule has 0 spiro atoms. The van der Waals surface area contributed by atoms with Gasteiger partial charge in [0.25, 0.3) is 0 Å². The van der Waals surface area contributed by atoms with E-state index in [1.807, 2.05) is 31.3 Å². The Kier molecular flexibility index (Phi) is 4.82. The summed E-state index contributed by atoms with van der Waals surface area (Å²) < 4.78 is 1.72. The number of hydrogen-bond acceptors (Lipinski definition) is 4. The van der Waals surface area contributed by atoms with Crippen LogP contribution in [-0.2, 0) is 11.8 Å². The second kappa shape index (κ2) is 6.84. The quantitative estimate of drug-likeness (QED) is 0.922. The summed E-state index contributed by atoms with van der Waals surface area (Å²) in [6.45, 7) is 0. The number of aliphatic carboxylic acids is 1. The summed E-state index contributed by atoms with van der Waals surface area (Å²) in [5, 5.41) is 15.4. The lowest BCUT2D eigenvalue weighted by molar-refractivity contribution is -0.143. The van der Waals surface area contributed by atoms with Crippen molar-refractivity contribution in [2.75, 3.05) is 0 Å². The Morgan fingerprint density at radius 1 is 1.35 bits per heavy atom. The molecule has 1 N–H and O–H groups in total. The summed E-state index contributed by atoms with van der Waals surface area (Å²) >= 11 is 7.39. The van der Waals surface area contributed by atoms with Crippen molar-refractivity contribution in [1.82, 2.24) is 9.78 Å². The van der Waals surface area contributed by atoms with Crippen LogP contribution in [0, 0.1) is 5.92 Å². The minimum atomic E-state index is -0.747. The van der Waals surface area contributed by atoms with E-state index in [1.54, 1.807) is 4.68 Å². The van der Waals surface area contributed by atoms with Crippen LogP contribution in [0.15, 0.2) is 29.3 Å². The first-order valence-corrected chi connectivity index (χ1v) is 8.81. The van der Waals surface area contributed by atoms with Gasteiger partial charge in [-0.2, -0.15) is 5.10 Å². The predicted octanol–water partition coefficient (Wildman–Crippen LogP) is 3.35. The molecule has 2 atom stereocenters. The van der Waals surface area contributed by atoms with Crippen molar-refractivity contribution in [1.29, 1.82) is 0 Å². The van der Waals surface area contributed by atoms with Gasteiger partial charge in [-0.15, -0.1) is 0 Å². The summed E-state index contributed by atoms with van der Waals surface area (Å²) in [5.41, 5.74) is 0.981. The maximum Gasteiger partial charge on any atom is 0.308 e. The zero-order valence-corrected chi connectivity index (χ0v) is 14.3. The molecule has 3 rings (SSSR count). The summed E-state index contributed by atoms with van der Waals surface area (Å²) in [6, 6.07) is 7.34. The SMILES string of the molecule is Cn1nc(-c2ccc(Cl)cc2)sc1=N[C@@H]1CCCC[C@H]1C(=O)O. The van der Waals surface area contributed by atoms with Crippen molar-refractivity contribution in [3.8, 4) is 10.6 Å². The van der Waals surface area contributed by atoms with Crippen molar-refractivity contribution in [3.63, 3.8) is 0 Å². The van der Waals surface area contributed by atoms with E-state index in [9.17, 15) is 9.90 Å². The van der Waals surface area contributed by atoms with E-state index in [-0.39, 0.29) is 12.0 Å². The van der Waals surface area contributed by atoms with Gasteiger partial charge in [0.2, 0.25) is 4.80 Å². The van der Waals surface area contributed by atoms with E-state index in [1.165, 1.54) is 11.3 Å². The summed E-state index contributed by atoms with van der Waals surface area (Å²) in [6.07, 6.45) is 3.53. The van der Waals surface area contributed by atoms with Crippen molar-refractivity contribution in [3.05, 3.63) is 34.1 Å². The number of hydrogen-bond donors (Lipinski definition) is 1. The predicted molar refractivity (Wildman–Crippen MR) is 90.5 cm³/mol. The molecule has 0 aliphatic heterocycles. The molecule has 0 unspecified atom stereocenters. The number of benzene rings is 1. The van der Waals surface area contributed by atoms with Crippen LogP contribution in [0.1, 0.15) is 25.7 Å². The van der Waals surface area contributed by atoms with Crippen molar-refractivity contribution >= 4 is 28.9 Å². The third-order valence-electron chi connectivity index (χ3n) is 4.12. The molecule has 1 fully saturated rings. The normalized spacial score (nSPS) is 22.3. The van der Waals surface area contributed by atoms with Crippen LogP contribution in [0.2, 0.25) is 5.02 Å². The molecule has 0 bridgehead atoms. The van der Waals surface area contributed by atoms with Crippen LogP contribution in [-0.4, -0.2) is 26.9 Å². The fourth-order valence-corrected chi connectivity index (χ4v) is 3.94. The number of carbonyl (C=O) groups is 1. The van der Waals surface area contributed by atoms with Crippen molar-refractivity contribution in [2.24, 2.45) is 18.0 Å². The first-order chi connectivity index (χ1) is 11.0. The van der Waals surface area contributed by atoms with Gasteiger partial charge in [-0.3, -0.25) is 9.79 Å². The number of rotatable bonds is 3. The lowest BCUT2D eigenvalue weighted by Gasteiger charge is -2.24. The first kappa shape index (κ1) is 16.2. The van der Waals surface area contributed by atoms with E-state index >= 15 is 0 Å². The van der Waals surface area contributed by atoms with Crippen molar-refractivity contribution < 1.29 is 9.90 Å². The van der Waals surface area contributed by atoms with Crippen LogP contribution in [0.5, 0.6) is 0 Å². The fraction of sp³-hybridized carbons (Fsp3) is 0.438. The molecular formula is C16H18ClN3O2S. The number of halogens is 1. The number of aromatic nitrogens is 2. The number of nitrogens with zero attached hydrogens (tertiary/aromatic N) is 3. The Balaban J connectivity index is 1.93. The molecule has 1 aromatic carbocycles. The monoisotopic (exact) mass is 351 g/mol. The Labute approximate surface area is 143 Å². The smallest absolute Gasteiger partial charge is 0.308 e. The standard InChI is InChI=1S/C16H18ClN3O2S/c1-20-16(18-13-5-3-2-4-12(13)15(21)22)23-14(19-20)10-6-8-11(17)9-7-10/h6-9,12-13H,2-5H2,1H3,(H,21,22)/t12-,13-/m1/s1. The van der Waals surface area contributed by atoms with Gasteiger partial charge in [0.05, 0.1) is 12.0 Å². The molecule has 1 heterocycles. The van der Waals surface area contributed by atoms with Gasteiger partial charge in [-0.05, 0) is 25.0 Å². The second-order valence-electron chi connectivity index (χ2n) is 5.75. The molecule has 1 saturated carbocycles. The fourth-order valence-electron chi connectivity index (χ4n) is 2.87. The minimum absolute atomic E-state index is 0.161. The summed E-state index contributed by atoms with van der Waals surface area (Å²) in [7, 11) is 1.84. The average Bonchev–Trinajstić information content (AvgIpc) is 2.89. The highest BCUT2D eigenvalue weighted by atomic mass is 35.5. The highest BCUT2D eigenvalue weighted by molar-refractivity contribution is 7.12. The maximum atomic E-state index is 11.4. The highest BCUT2D eigenvalue weighted by Crippen LogP contribution is 2.27. The van der Waals surface area contributed by atoms with Crippen LogP contribution in [0.4, 0.5) is 0 Å². The number of aryl methyl sites for hydroxylation is 1. The van der Waals surface area contributed by atoms with Crippen LogP contribution in [0.25, 0.3) is 10.6 Å². The van der Waals surface area contributed by atoms with Gasteiger partial charge in [0.15, 0.2) is 0 Å². The van der Waals surface area contributed by atoms with Gasteiger partial charge < -0.3 is 5.11 Å². The molecule has 1 aliphatic carbocycles. The number of carboxylic acids is 1. The molecule has 0 saturated heterocycles. The molecule has 1 aromatic heterocycles. The van der Waals surface area contributed by atoms with Crippen LogP contribution in [0.3, 0.4) is 0 Å². The Morgan fingerprint density at radius 3 is 2.74 bits per heavy atom. The van der Waals surface area contributed by atoms with Crippen LogP contribution < -0.4 is 4.80 Å². The highest BCUT2D eigenvalue weighted by Gasteiger charge is 2.30. The third-order valence-corrected chi connectivity index (χ3v) is 5.43. The van der Waals surface area contributed by atoms with E-state index < -0.39 is 5.97 Å². The molecule has 1 aliphatic rings. The third kappa shape index (κ3) is 3.64. The van der Waals surface area contributed by atoms with E-state index in [0.29, 0.717) is 11.4 Å². The van der Waals surface area contributed by atoms with Gasteiger partial charge in [0.1, 0.15) is 5.01 Å². The molecule has 5 nitrogen and oxygen atoms in total. The molecule has 0 amide bonds. The molecule has 122 valence electrons. The van der Waals surface area contributed by atoms with Gasteiger partial charge in [-0.25, -0.2) is 4.68 Å². The molecule has 7 heteroatoms. The average molecular weight is 352 g/mol. The van der Waals surface area contributed by atoms with E-state index in [0.717, 1.165) is 34.6 Å². The Morgan fingerprint density at radius 2 is 2.04 bits per heavy atom. The lowest BCUT2D eigenvalue weighted by atomic mass is 9.85. The van der Waals surface area contributed by atoms with E-state index in [4.69, 9.17) is 16.6 Å². The summed E-state index contributed by atoms with van der Waals surface area (Å²) in [5.74, 6) is -1.13. The number of carboxylic acid groups (broad SMARTS) is 1.